The molecule has 1 saturated carbocycles. The summed E-state index contributed by atoms with van der Waals surface area (Å²) in [6.45, 7) is 1.46. The van der Waals surface area contributed by atoms with Crippen LogP contribution < -0.4 is 0 Å². The van der Waals surface area contributed by atoms with Gasteiger partial charge in [0.25, 0.3) is 0 Å². The van der Waals surface area contributed by atoms with E-state index in [2.05, 4.69) is 0 Å². The fourth-order valence-electron chi connectivity index (χ4n) is 4.36. The molecule has 6 nitrogen and oxygen atoms in total. The van der Waals surface area contributed by atoms with E-state index in [1.54, 1.807) is 24.3 Å². The number of rotatable bonds is 3. The van der Waals surface area contributed by atoms with Gasteiger partial charge in [0.2, 0.25) is 11.8 Å². The van der Waals surface area contributed by atoms with Crippen LogP contribution in [0.1, 0.15) is 48.0 Å². The number of piperidine rings is 1. The number of nitriles is 2. The van der Waals surface area contributed by atoms with Crippen molar-refractivity contribution in [3.8, 4) is 12.1 Å². The number of ketones is 1. The Morgan fingerprint density at radius 3 is 2.04 bits per heavy atom. The highest BCUT2D eigenvalue weighted by Gasteiger charge is 2.59. The van der Waals surface area contributed by atoms with E-state index in [-0.39, 0.29) is 5.78 Å². The summed E-state index contributed by atoms with van der Waals surface area (Å²) in [4.78, 5) is 39.3. The first-order valence-electron chi connectivity index (χ1n) is 9.19. The van der Waals surface area contributed by atoms with E-state index in [1.807, 2.05) is 19.1 Å². The number of Topliss-reactive ketones (excluding diaryl/α,β-unsaturated/α-hetero) is 1. The topological polar surface area (TPSA) is 102 Å². The van der Waals surface area contributed by atoms with E-state index in [9.17, 15) is 24.9 Å². The number of aryl methyl sites for hydroxylation is 1. The number of benzene rings is 1. The second kappa shape index (κ2) is 7.32. The van der Waals surface area contributed by atoms with Crippen LogP contribution in [0.15, 0.2) is 24.3 Å². The second-order valence-electron chi connectivity index (χ2n) is 7.47. The van der Waals surface area contributed by atoms with E-state index in [0.717, 1.165) is 29.7 Å². The molecule has 2 fully saturated rings. The lowest BCUT2D eigenvalue weighted by molar-refractivity contribution is -0.162. The molecule has 1 aromatic rings. The van der Waals surface area contributed by atoms with Gasteiger partial charge in [-0.15, -0.1) is 0 Å². The summed E-state index contributed by atoms with van der Waals surface area (Å²) in [5, 5.41) is 19.3. The van der Waals surface area contributed by atoms with Crippen molar-refractivity contribution in [2.24, 2.45) is 17.3 Å². The standard InChI is InChI=1S/C21H21N3O3/c1-14-5-7-15(8-6-14)18(25)13-24-19(26)16(11-22)21(9-3-2-4-10-21)17(12-23)20(24)27/h5-8,16-17H,2-4,9-10,13H2,1H3/t16-,17-/m1/s1. The Morgan fingerprint density at radius 1 is 1.04 bits per heavy atom. The van der Waals surface area contributed by atoms with Gasteiger partial charge in [-0.25, -0.2) is 0 Å². The van der Waals surface area contributed by atoms with Gasteiger partial charge in [0, 0.05) is 11.0 Å². The molecule has 3 rings (SSSR count). The molecule has 0 aromatic heterocycles. The Labute approximate surface area is 158 Å². The molecular weight excluding hydrogens is 342 g/mol. The van der Waals surface area contributed by atoms with Crippen LogP contribution in [0.25, 0.3) is 0 Å². The summed E-state index contributed by atoms with van der Waals surface area (Å²) in [5.74, 6) is -3.80. The fourth-order valence-corrected chi connectivity index (χ4v) is 4.36. The molecule has 1 spiro atoms. The molecular formula is C21H21N3O3. The van der Waals surface area contributed by atoms with Crippen molar-refractivity contribution in [2.75, 3.05) is 6.54 Å². The van der Waals surface area contributed by atoms with Crippen molar-refractivity contribution in [1.82, 2.24) is 4.90 Å². The number of hydrogen-bond donors (Lipinski definition) is 0. The molecule has 2 atom stereocenters. The van der Waals surface area contributed by atoms with Crippen LogP contribution in [0.3, 0.4) is 0 Å². The molecule has 27 heavy (non-hydrogen) atoms. The lowest BCUT2D eigenvalue weighted by Crippen LogP contribution is -2.60. The molecule has 0 N–H and O–H groups in total. The normalized spacial score (nSPS) is 24.3. The number of hydrogen-bond acceptors (Lipinski definition) is 5. The number of likely N-dealkylation sites (tertiary alicyclic amines) is 1. The molecule has 0 unspecified atom stereocenters. The minimum Gasteiger partial charge on any atom is -0.292 e. The maximum absolute atomic E-state index is 12.9. The molecule has 2 amide bonds. The Morgan fingerprint density at radius 2 is 1.56 bits per heavy atom. The van der Waals surface area contributed by atoms with Crippen molar-refractivity contribution in [3.05, 3.63) is 35.4 Å². The first-order chi connectivity index (χ1) is 12.9. The molecule has 1 heterocycles. The van der Waals surface area contributed by atoms with E-state index in [1.165, 1.54) is 0 Å². The summed E-state index contributed by atoms with van der Waals surface area (Å²) >= 11 is 0. The Kier molecular flexibility index (Phi) is 5.10. The van der Waals surface area contributed by atoms with Gasteiger partial charge in [-0.05, 0) is 19.8 Å². The summed E-state index contributed by atoms with van der Waals surface area (Å²) < 4.78 is 0. The lowest BCUT2D eigenvalue weighted by atomic mass is 9.57. The molecule has 138 valence electrons. The molecule has 1 aliphatic heterocycles. The minimum absolute atomic E-state index is 0.385. The largest absolute Gasteiger partial charge is 0.292 e. The van der Waals surface area contributed by atoms with E-state index < -0.39 is 35.6 Å². The number of carbonyl (C=O) groups excluding carboxylic acids is 3. The number of imide groups is 1. The van der Waals surface area contributed by atoms with Crippen LogP contribution in [0.4, 0.5) is 0 Å². The molecule has 2 aliphatic rings. The number of carbonyl (C=O) groups is 3. The highest BCUT2D eigenvalue weighted by atomic mass is 16.2. The Bertz CT molecular complexity index is 818. The molecule has 1 aliphatic carbocycles. The van der Waals surface area contributed by atoms with Gasteiger partial charge >= 0.3 is 0 Å². The average Bonchev–Trinajstić information content (AvgIpc) is 2.67. The summed E-state index contributed by atoms with van der Waals surface area (Å²) in [5.41, 5.74) is 0.463. The van der Waals surface area contributed by atoms with Crippen LogP contribution in [0.5, 0.6) is 0 Å². The minimum atomic E-state index is -1.06. The molecule has 0 radical (unpaired) electrons. The molecule has 1 aromatic carbocycles. The van der Waals surface area contributed by atoms with Crippen molar-refractivity contribution in [1.29, 1.82) is 10.5 Å². The predicted octanol–water partition coefficient (Wildman–Crippen LogP) is 2.78. The first-order valence-corrected chi connectivity index (χ1v) is 9.19. The fraction of sp³-hybridized carbons (Fsp3) is 0.476. The summed E-state index contributed by atoms with van der Waals surface area (Å²) in [7, 11) is 0. The Hall–Kier alpha value is -2.99. The van der Waals surface area contributed by atoms with Gasteiger partial charge in [0.05, 0.1) is 18.7 Å². The first kappa shape index (κ1) is 18.8. The molecule has 0 bridgehead atoms. The van der Waals surface area contributed by atoms with Crippen LogP contribution in [-0.2, 0) is 9.59 Å². The van der Waals surface area contributed by atoms with E-state index in [0.29, 0.717) is 18.4 Å². The highest BCUT2D eigenvalue weighted by Crippen LogP contribution is 2.51. The van der Waals surface area contributed by atoms with Gasteiger partial charge in [0.1, 0.15) is 11.8 Å². The van der Waals surface area contributed by atoms with Crippen LogP contribution in [0.2, 0.25) is 0 Å². The molecule has 1 saturated heterocycles. The summed E-state index contributed by atoms with van der Waals surface area (Å²) in [6, 6.07) is 10.9. The smallest absolute Gasteiger partial charge is 0.247 e. The van der Waals surface area contributed by atoms with E-state index in [4.69, 9.17) is 0 Å². The third kappa shape index (κ3) is 3.13. The highest BCUT2D eigenvalue weighted by molar-refractivity contribution is 6.08. The quantitative estimate of drug-likeness (QED) is 0.607. The van der Waals surface area contributed by atoms with Crippen molar-refractivity contribution < 1.29 is 14.4 Å². The summed E-state index contributed by atoms with van der Waals surface area (Å²) in [6.07, 6.45) is 3.58. The lowest BCUT2D eigenvalue weighted by Gasteiger charge is -2.47. The van der Waals surface area contributed by atoms with Gasteiger partial charge in [-0.3, -0.25) is 19.3 Å². The van der Waals surface area contributed by atoms with Crippen LogP contribution >= 0.6 is 0 Å². The van der Waals surface area contributed by atoms with Crippen molar-refractivity contribution in [2.45, 2.75) is 39.0 Å². The third-order valence-electron chi connectivity index (χ3n) is 5.89. The SMILES string of the molecule is Cc1ccc(C(=O)CN2C(=O)[C@@H](C#N)C3(CCCCC3)[C@H](C#N)C2=O)cc1. The van der Waals surface area contributed by atoms with Crippen LogP contribution in [0, 0.1) is 46.8 Å². The predicted molar refractivity (Wildman–Crippen MR) is 96.0 cm³/mol. The van der Waals surface area contributed by atoms with Gasteiger partial charge in [0.15, 0.2) is 5.78 Å². The van der Waals surface area contributed by atoms with Gasteiger partial charge in [-0.1, -0.05) is 49.1 Å². The van der Waals surface area contributed by atoms with E-state index >= 15 is 0 Å². The van der Waals surface area contributed by atoms with Gasteiger partial charge < -0.3 is 0 Å². The van der Waals surface area contributed by atoms with Crippen LogP contribution in [-0.4, -0.2) is 29.0 Å². The zero-order valence-electron chi connectivity index (χ0n) is 15.3. The third-order valence-corrected chi connectivity index (χ3v) is 5.89. The van der Waals surface area contributed by atoms with Crippen molar-refractivity contribution >= 4 is 17.6 Å². The van der Waals surface area contributed by atoms with Crippen molar-refractivity contribution in [3.63, 3.8) is 0 Å². The zero-order valence-corrected chi connectivity index (χ0v) is 15.3. The maximum atomic E-state index is 12.9. The van der Waals surface area contributed by atoms with Gasteiger partial charge in [-0.2, -0.15) is 10.5 Å². The monoisotopic (exact) mass is 363 g/mol. The average molecular weight is 363 g/mol. The second-order valence-corrected chi connectivity index (χ2v) is 7.47. The number of amides is 2. The number of nitrogens with zero attached hydrogens (tertiary/aromatic N) is 3. The maximum Gasteiger partial charge on any atom is 0.247 e. The molecule has 6 heteroatoms. The zero-order chi connectivity index (χ0) is 19.6. The Balaban J connectivity index is 1.91.